The average Bonchev–Trinajstić information content (AvgIpc) is 2.24. The van der Waals surface area contributed by atoms with Crippen molar-refractivity contribution in [2.75, 3.05) is 11.9 Å². The SMILES string of the molecule is N#Cc1ccc(NCC2CC(O)C2)c(F)c1. The first-order valence-corrected chi connectivity index (χ1v) is 5.30. The van der Waals surface area contributed by atoms with Gasteiger partial charge < -0.3 is 10.4 Å². The molecule has 1 aromatic rings. The second kappa shape index (κ2) is 4.50. The van der Waals surface area contributed by atoms with Crippen molar-refractivity contribution >= 4 is 5.69 Å². The van der Waals surface area contributed by atoms with Gasteiger partial charge in [0.05, 0.1) is 23.4 Å². The molecule has 0 radical (unpaired) electrons. The summed E-state index contributed by atoms with van der Waals surface area (Å²) in [6.07, 6.45) is 1.38. The van der Waals surface area contributed by atoms with Gasteiger partial charge in [0.1, 0.15) is 5.82 Å². The number of nitrogens with zero attached hydrogens (tertiary/aromatic N) is 1. The van der Waals surface area contributed by atoms with Gasteiger partial charge in [0.25, 0.3) is 0 Å². The summed E-state index contributed by atoms with van der Waals surface area (Å²) in [4.78, 5) is 0. The molecule has 1 aliphatic rings. The number of nitriles is 1. The number of aliphatic hydroxyl groups is 1. The van der Waals surface area contributed by atoms with Crippen LogP contribution in [0.2, 0.25) is 0 Å². The number of hydrogen-bond acceptors (Lipinski definition) is 3. The van der Waals surface area contributed by atoms with Crippen molar-refractivity contribution in [3.05, 3.63) is 29.6 Å². The van der Waals surface area contributed by atoms with E-state index in [1.807, 2.05) is 6.07 Å². The first-order valence-electron chi connectivity index (χ1n) is 5.30. The van der Waals surface area contributed by atoms with Crippen LogP contribution >= 0.6 is 0 Å². The van der Waals surface area contributed by atoms with Crippen LogP contribution in [0.15, 0.2) is 18.2 Å². The summed E-state index contributed by atoms with van der Waals surface area (Å²) in [5.74, 6) is 0.0176. The van der Waals surface area contributed by atoms with E-state index in [0.29, 0.717) is 23.7 Å². The summed E-state index contributed by atoms with van der Waals surface area (Å²) in [6, 6.07) is 6.26. The van der Waals surface area contributed by atoms with Crippen molar-refractivity contribution in [3.63, 3.8) is 0 Å². The van der Waals surface area contributed by atoms with Gasteiger partial charge in [-0.15, -0.1) is 0 Å². The molecule has 1 fully saturated rings. The quantitative estimate of drug-likeness (QED) is 0.817. The number of nitrogens with one attached hydrogen (secondary N) is 1. The number of rotatable bonds is 3. The minimum Gasteiger partial charge on any atom is -0.393 e. The molecule has 0 amide bonds. The van der Waals surface area contributed by atoms with Crippen LogP contribution in [0.3, 0.4) is 0 Å². The summed E-state index contributed by atoms with van der Waals surface area (Å²) >= 11 is 0. The molecule has 0 heterocycles. The fourth-order valence-electron chi connectivity index (χ4n) is 1.85. The lowest BCUT2D eigenvalue weighted by molar-refractivity contribution is 0.0486. The standard InChI is InChI=1S/C12H13FN2O/c13-11-5-8(6-14)1-2-12(11)15-7-9-3-10(16)4-9/h1-2,5,9-10,15-16H,3-4,7H2. The molecule has 2 rings (SSSR count). The molecule has 3 nitrogen and oxygen atoms in total. The first kappa shape index (κ1) is 10.9. The normalized spacial score (nSPS) is 23.3. The van der Waals surface area contributed by atoms with Crippen LogP contribution in [0, 0.1) is 23.1 Å². The van der Waals surface area contributed by atoms with E-state index in [9.17, 15) is 4.39 Å². The highest BCUT2D eigenvalue weighted by molar-refractivity contribution is 5.48. The first-order chi connectivity index (χ1) is 7.69. The van der Waals surface area contributed by atoms with Crippen molar-refractivity contribution < 1.29 is 9.50 Å². The molecule has 0 atom stereocenters. The predicted octanol–water partition coefficient (Wildman–Crippen LogP) is 1.88. The summed E-state index contributed by atoms with van der Waals surface area (Å²) in [5.41, 5.74) is 0.738. The Hall–Kier alpha value is -1.60. The molecule has 4 heteroatoms. The molecule has 1 aromatic carbocycles. The molecule has 0 aliphatic heterocycles. The zero-order valence-corrected chi connectivity index (χ0v) is 8.78. The Morgan fingerprint density at radius 3 is 2.81 bits per heavy atom. The van der Waals surface area contributed by atoms with Crippen LogP contribution < -0.4 is 5.32 Å². The van der Waals surface area contributed by atoms with Gasteiger partial charge in [0, 0.05) is 6.54 Å². The van der Waals surface area contributed by atoms with E-state index in [0.717, 1.165) is 12.8 Å². The van der Waals surface area contributed by atoms with Crippen molar-refractivity contribution in [1.82, 2.24) is 0 Å². The third-order valence-electron chi connectivity index (χ3n) is 2.89. The van der Waals surface area contributed by atoms with Gasteiger partial charge in [-0.05, 0) is 37.0 Å². The molecule has 2 N–H and O–H groups in total. The molecule has 0 spiro atoms. The van der Waals surface area contributed by atoms with Crippen LogP contribution in [0.25, 0.3) is 0 Å². The number of hydrogen-bond donors (Lipinski definition) is 2. The fourth-order valence-corrected chi connectivity index (χ4v) is 1.85. The second-order valence-electron chi connectivity index (χ2n) is 4.18. The Balaban J connectivity index is 1.92. The average molecular weight is 220 g/mol. The van der Waals surface area contributed by atoms with Gasteiger partial charge in [0.2, 0.25) is 0 Å². The third-order valence-corrected chi connectivity index (χ3v) is 2.89. The molecular weight excluding hydrogens is 207 g/mol. The van der Waals surface area contributed by atoms with E-state index >= 15 is 0 Å². The topological polar surface area (TPSA) is 56.0 Å². The molecule has 84 valence electrons. The Labute approximate surface area is 93.5 Å². The highest BCUT2D eigenvalue weighted by Gasteiger charge is 2.26. The lowest BCUT2D eigenvalue weighted by atomic mass is 9.82. The molecule has 0 bridgehead atoms. The minimum absolute atomic E-state index is 0.183. The summed E-state index contributed by atoms with van der Waals surface area (Å²) in [5, 5.41) is 20.7. The molecule has 16 heavy (non-hydrogen) atoms. The maximum atomic E-state index is 13.4. The van der Waals surface area contributed by atoms with E-state index < -0.39 is 5.82 Å². The number of halogens is 1. The molecule has 0 aromatic heterocycles. The summed E-state index contributed by atoms with van der Waals surface area (Å²) < 4.78 is 13.4. The predicted molar refractivity (Wildman–Crippen MR) is 58.3 cm³/mol. The lowest BCUT2D eigenvalue weighted by Gasteiger charge is -2.31. The molecular formula is C12H13FN2O. The zero-order chi connectivity index (χ0) is 11.5. The second-order valence-corrected chi connectivity index (χ2v) is 4.18. The monoisotopic (exact) mass is 220 g/mol. The highest BCUT2D eigenvalue weighted by Crippen LogP contribution is 2.27. The maximum Gasteiger partial charge on any atom is 0.147 e. The summed E-state index contributed by atoms with van der Waals surface area (Å²) in [6.45, 7) is 0.667. The van der Waals surface area contributed by atoms with Crippen LogP contribution in [-0.2, 0) is 0 Å². The van der Waals surface area contributed by atoms with Gasteiger partial charge >= 0.3 is 0 Å². The van der Waals surface area contributed by atoms with Crippen molar-refractivity contribution in [3.8, 4) is 6.07 Å². The Morgan fingerprint density at radius 2 is 2.25 bits per heavy atom. The highest BCUT2D eigenvalue weighted by atomic mass is 19.1. The molecule has 0 unspecified atom stereocenters. The van der Waals surface area contributed by atoms with Crippen LogP contribution in [0.4, 0.5) is 10.1 Å². The van der Waals surface area contributed by atoms with Crippen LogP contribution in [0.5, 0.6) is 0 Å². The van der Waals surface area contributed by atoms with Crippen LogP contribution in [0.1, 0.15) is 18.4 Å². The van der Waals surface area contributed by atoms with Gasteiger partial charge in [-0.1, -0.05) is 0 Å². The van der Waals surface area contributed by atoms with Gasteiger partial charge in [-0.2, -0.15) is 5.26 Å². The van der Waals surface area contributed by atoms with E-state index in [1.165, 1.54) is 6.07 Å². The van der Waals surface area contributed by atoms with E-state index in [-0.39, 0.29) is 6.10 Å². The third kappa shape index (κ3) is 2.31. The Morgan fingerprint density at radius 1 is 1.50 bits per heavy atom. The summed E-state index contributed by atoms with van der Waals surface area (Å²) in [7, 11) is 0. The maximum absolute atomic E-state index is 13.4. The number of anilines is 1. The zero-order valence-electron chi connectivity index (χ0n) is 8.78. The van der Waals surface area contributed by atoms with Gasteiger partial charge in [-0.3, -0.25) is 0 Å². The number of aliphatic hydroxyl groups excluding tert-OH is 1. The Kier molecular flexibility index (Phi) is 3.07. The van der Waals surface area contributed by atoms with Gasteiger partial charge in [0.15, 0.2) is 0 Å². The lowest BCUT2D eigenvalue weighted by Crippen LogP contribution is -2.33. The largest absolute Gasteiger partial charge is 0.393 e. The van der Waals surface area contributed by atoms with Crippen LogP contribution in [-0.4, -0.2) is 17.8 Å². The van der Waals surface area contributed by atoms with E-state index in [1.54, 1.807) is 12.1 Å². The number of benzene rings is 1. The van der Waals surface area contributed by atoms with Crippen molar-refractivity contribution in [2.45, 2.75) is 18.9 Å². The van der Waals surface area contributed by atoms with Crippen molar-refractivity contribution in [1.29, 1.82) is 5.26 Å². The van der Waals surface area contributed by atoms with Gasteiger partial charge in [-0.25, -0.2) is 4.39 Å². The molecule has 0 saturated heterocycles. The van der Waals surface area contributed by atoms with E-state index in [2.05, 4.69) is 5.32 Å². The fraction of sp³-hybridized carbons (Fsp3) is 0.417. The van der Waals surface area contributed by atoms with Crippen molar-refractivity contribution in [2.24, 2.45) is 5.92 Å². The minimum atomic E-state index is -0.404. The Bertz CT molecular complexity index is 422. The van der Waals surface area contributed by atoms with E-state index in [4.69, 9.17) is 10.4 Å². The molecule has 1 saturated carbocycles. The smallest absolute Gasteiger partial charge is 0.147 e. The molecule has 1 aliphatic carbocycles.